The Morgan fingerprint density at radius 3 is 2.74 bits per heavy atom. The highest BCUT2D eigenvalue weighted by Gasteiger charge is 2.27. The van der Waals surface area contributed by atoms with Crippen LogP contribution in [0.4, 0.5) is 11.6 Å². The Morgan fingerprint density at radius 1 is 1.32 bits per heavy atom. The molecule has 6 heteroatoms. The third-order valence-corrected chi connectivity index (χ3v) is 4.07. The van der Waals surface area contributed by atoms with Gasteiger partial charge in [0.1, 0.15) is 11.6 Å². The SMILES string of the molecule is CCNc1nc(NC2CCCC2CO)c(Cl)cc1Cl. The van der Waals surface area contributed by atoms with Crippen LogP contribution >= 0.6 is 23.2 Å². The molecule has 0 aliphatic heterocycles. The maximum Gasteiger partial charge on any atom is 0.147 e. The first kappa shape index (κ1) is 14.7. The van der Waals surface area contributed by atoms with Gasteiger partial charge in [0.05, 0.1) is 10.0 Å². The molecule has 1 aliphatic carbocycles. The molecule has 3 N–H and O–H groups in total. The summed E-state index contributed by atoms with van der Waals surface area (Å²) in [6.07, 6.45) is 3.19. The summed E-state index contributed by atoms with van der Waals surface area (Å²) in [6.45, 7) is 2.93. The zero-order chi connectivity index (χ0) is 13.8. The van der Waals surface area contributed by atoms with Crippen molar-refractivity contribution in [2.24, 2.45) is 5.92 Å². The predicted molar refractivity (Wildman–Crippen MR) is 80.3 cm³/mol. The molecule has 0 radical (unpaired) electrons. The van der Waals surface area contributed by atoms with E-state index in [2.05, 4.69) is 15.6 Å². The van der Waals surface area contributed by atoms with Crippen LogP contribution in [0, 0.1) is 5.92 Å². The molecule has 1 aliphatic rings. The van der Waals surface area contributed by atoms with Gasteiger partial charge in [0.25, 0.3) is 0 Å². The second-order valence-electron chi connectivity index (χ2n) is 4.80. The average Bonchev–Trinajstić information content (AvgIpc) is 2.82. The highest BCUT2D eigenvalue weighted by atomic mass is 35.5. The van der Waals surface area contributed by atoms with E-state index in [1.807, 2.05) is 6.92 Å². The van der Waals surface area contributed by atoms with Crippen molar-refractivity contribution in [3.63, 3.8) is 0 Å². The van der Waals surface area contributed by atoms with E-state index in [-0.39, 0.29) is 18.6 Å². The summed E-state index contributed by atoms with van der Waals surface area (Å²) in [5.74, 6) is 1.54. The number of nitrogens with zero attached hydrogens (tertiary/aromatic N) is 1. The van der Waals surface area contributed by atoms with Gasteiger partial charge in [-0.15, -0.1) is 0 Å². The number of aromatic nitrogens is 1. The smallest absolute Gasteiger partial charge is 0.147 e. The molecule has 1 heterocycles. The lowest BCUT2D eigenvalue weighted by Gasteiger charge is -2.21. The molecular formula is C13H19Cl2N3O. The van der Waals surface area contributed by atoms with E-state index < -0.39 is 0 Å². The fourth-order valence-corrected chi connectivity index (χ4v) is 2.96. The van der Waals surface area contributed by atoms with Crippen molar-refractivity contribution in [3.8, 4) is 0 Å². The number of pyridine rings is 1. The number of halogens is 2. The minimum atomic E-state index is 0.197. The van der Waals surface area contributed by atoms with E-state index in [1.54, 1.807) is 6.07 Å². The number of nitrogens with one attached hydrogen (secondary N) is 2. The van der Waals surface area contributed by atoms with Crippen LogP contribution in [0.15, 0.2) is 6.07 Å². The molecule has 4 nitrogen and oxygen atoms in total. The maximum atomic E-state index is 9.34. The van der Waals surface area contributed by atoms with Gasteiger partial charge in [0.15, 0.2) is 0 Å². The Hall–Kier alpha value is -0.710. The minimum absolute atomic E-state index is 0.197. The summed E-state index contributed by atoms with van der Waals surface area (Å²) in [6, 6.07) is 1.92. The van der Waals surface area contributed by atoms with Crippen LogP contribution in [-0.2, 0) is 0 Å². The summed E-state index contributed by atoms with van der Waals surface area (Å²) in [5.41, 5.74) is 0. The Morgan fingerprint density at radius 2 is 2.05 bits per heavy atom. The van der Waals surface area contributed by atoms with E-state index in [4.69, 9.17) is 23.2 Å². The largest absolute Gasteiger partial charge is 0.396 e. The first-order chi connectivity index (χ1) is 9.15. The number of rotatable bonds is 5. The summed E-state index contributed by atoms with van der Waals surface area (Å²) in [4.78, 5) is 4.43. The van der Waals surface area contributed by atoms with E-state index in [9.17, 15) is 5.11 Å². The van der Waals surface area contributed by atoms with Gasteiger partial charge in [-0.25, -0.2) is 4.98 Å². The Labute approximate surface area is 123 Å². The van der Waals surface area contributed by atoms with Crippen molar-refractivity contribution in [2.45, 2.75) is 32.2 Å². The second kappa shape index (κ2) is 6.64. The van der Waals surface area contributed by atoms with Crippen LogP contribution in [0.3, 0.4) is 0 Å². The Balaban J connectivity index is 2.17. The molecule has 0 saturated heterocycles. The summed E-state index contributed by atoms with van der Waals surface area (Å²) < 4.78 is 0. The zero-order valence-electron chi connectivity index (χ0n) is 10.9. The molecule has 1 saturated carbocycles. The van der Waals surface area contributed by atoms with E-state index in [1.165, 1.54) is 0 Å². The monoisotopic (exact) mass is 303 g/mol. The van der Waals surface area contributed by atoms with Crippen molar-refractivity contribution in [3.05, 3.63) is 16.1 Å². The zero-order valence-corrected chi connectivity index (χ0v) is 12.4. The fourth-order valence-electron chi connectivity index (χ4n) is 2.48. The van der Waals surface area contributed by atoms with Crippen LogP contribution < -0.4 is 10.6 Å². The molecule has 0 bridgehead atoms. The number of aliphatic hydroxyl groups excluding tert-OH is 1. The molecule has 0 aromatic carbocycles. The van der Waals surface area contributed by atoms with Gasteiger partial charge in [0, 0.05) is 25.1 Å². The summed E-state index contributed by atoms with van der Waals surface area (Å²) in [5, 5.41) is 16.8. The molecule has 0 spiro atoms. The number of anilines is 2. The first-order valence-electron chi connectivity index (χ1n) is 6.63. The van der Waals surface area contributed by atoms with Gasteiger partial charge in [-0.2, -0.15) is 0 Å². The number of aliphatic hydroxyl groups is 1. The van der Waals surface area contributed by atoms with Crippen LogP contribution in [-0.4, -0.2) is 29.3 Å². The predicted octanol–water partition coefficient (Wildman–Crippen LogP) is 3.39. The molecular weight excluding hydrogens is 285 g/mol. The van der Waals surface area contributed by atoms with Crippen molar-refractivity contribution >= 4 is 34.8 Å². The number of hydrogen-bond acceptors (Lipinski definition) is 4. The summed E-state index contributed by atoms with van der Waals surface area (Å²) in [7, 11) is 0. The molecule has 1 aromatic heterocycles. The molecule has 0 amide bonds. The highest BCUT2D eigenvalue weighted by Crippen LogP contribution is 2.33. The van der Waals surface area contributed by atoms with Crippen molar-refractivity contribution in [2.75, 3.05) is 23.8 Å². The third-order valence-electron chi connectivity index (χ3n) is 3.49. The molecule has 2 atom stereocenters. The standard InChI is InChI=1S/C13H19Cl2N3O/c1-2-16-12-9(14)6-10(15)13(18-12)17-11-5-3-4-8(11)7-19/h6,8,11,19H,2-5,7H2,1H3,(H2,16,17,18). The van der Waals surface area contributed by atoms with Crippen LogP contribution in [0.5, 0.6) is 0 Å². The van der Waals surface area contributed by atoms with Gasteiger partial charge >= 0.3 is 0 Å². The Bertz CT molecular complexity index is 442. The van der Waals surface area contributed by atoms with Crippen molar-refractivity contribution in [1.82, 2.24) is 4.98 Å². The molecule has 1 fully saturated rings. The third kappa shape index (κ3) is 3.44. The van der Waals surface area contributed by atoms with Crippen molar-refractivity contribution in [1.29, 1.82) is 0 Å². The second-order valence-corrected chi connectivity index (χ2v) is 5.62. The lowest BCUT2D eigenvalue weighted by atomic mass is 10.1. The van der Waals surface area contributed by atoms with E-state index >= 15 is 0 Å². The normalized spacial score (nSPS) is 22.5. The summed E-state index contributed by atoms with van der Waals surface area (Å²) >= 11 is 12.2. The topological polar surface area (TPSA) is 57.2 Å². The first-order valence-corrected chi connectivity index (χ1v) is 7.38. The van der Waals surface area contributed by atoms with Gasteiger partial charge < -0.3 is 15.7 Å². The van der Waals surface area contributed by atoms with Gasteiger partial charge in [-0.1, -0.05) is 29.6 Å². The molecule has 19 heavy (non-hydrogen) atoms. The average molecular weight is 304 g/mol. The number of hydrogen-bond donors (Lipinski definition) is 3. The molecule has 2 unspecified atom stereocenters. The van der Waals surface area contributed by atoms with Gasteiger partial charge in [-0.3, -0.25) is 0 Å². The highest BCUT2D eigenvalue weighted by molar-refractivity contribution is 6.37. The van der Waals surface area contributed by atoms with Gasteiger partial charge in [-0.05, 0) is 25.8 Å². The maximum absolute atomic E-state index is 9.34. The van der Waals surface area contributed by atoms with Crippen LogP contribution in [0.1, 0.15) is 26.2 Å². The van der Waals surface area contributed by atoms with Crippen LogP contribution in [0.2, 0.25) is 10.0 Å². The minimum Gasteiger partial charge on any atom is -0.396 e. The quantitative estimate of drug-likeness (QED) is 0.780. The molecule has 1 aromatic rings. The lowest BCUT2D eigenvalue weighted by molar-refractivity contribution is 0.222. The Kier molecular flexibility index (Phi) is 5.13. The van der Waals surface area contributed by atoms with Gasteiger partial charge in [0.2, 0.25) is 0 Å². The van der Waals surface area contributed by atoms with Crippen molar-refractivity contribution < 1.29 is 5.11 Å². The van der Waals surface area contributed by atoms with Crippen LogP contribution in [0.25, 0.3) is 0 Å². The molecule has 2 rings (SSSR count). The molecule has 106 valence electrons. The van der Waals surface area contributed by atoms with E-state index in [0.717, 1.165) is 25.8 Å². The lowest BCUT2D eigenvalue weighted by Crippen LogP contribution is -2.27. The fraction of sp³-hybridized carbons (Fsp3) is 0.615. The van der Waals surface area contributed by atoms with E-state index in [0.29, 0.717) is 21.7 Å².